The van der Waals surface area contributed by atoms with E-state index in [9.17, 15) is 0 Å². The van der Waals surface area contributed by atoms with Crippen LogP contribution in [0.25, 0.3) is 0 Å². The van der Waals surface area contributed by atoms with E-state index in [0.29, 0.717) is 0 Å². The number of fused-ring (bicyclic) bond motifs is 1. The molecule has 2 heteroatoms. The van der Waals surface area contributed by atoms with Crippen LogP contribution in [0.4, 0.5) is 0 Å². The fourth-order valence-electron chi connectivity index (χ4n) is 2.93. The zero-order valence-electron chi connectivity index (χ0n) is 12.9. The van der Waals surface area contributed by atoms with Gasteiger partial charge in [0, 0.05) is 25.2 Å². The molecule has 0 saturated carbocycles. The smallest absolute Gasteiger partial charge is 0.0104 e. The molecule has 1 aromatic rings. The Bertz CT molecular complexity index is 381. The lowest BCUT2D eigenvalue weighted by Gasteiger charge is -2.25. The molecule has 2 nitrogen and oxygen atoms in total. The van der Waals surface area contributed by atoms with Crippen LogP contribution in [0.15, 0.2) is 24.3 Å². The maximum atomic E-state index is 3.55. The highest BCUT2D eigenvalue weighted by Crippen LogP contribution is 2.26. The first-order valence-electron chi connectivity index (χ1n) is 7.44. The van der Waals surface area contributed by atoms with Crippen LogP contribution in [0, 0.1) is 5.92 Å². The minimum Gasteiger partial charge on any atom is -0.311 e. The normalized spacial score (nSPS) is 16.1. The van der Waals surface area contributed by atoms with Crippen LogP contribution in [0.1, 0.15) is 31.9 Å². The van der Waals surface area contributed by atoms with Crippen LogP contribution in [0.3, 0.4) is 0 Å². The molecule has 2 rings (SSSR count). The fraction of sp³-hybridized carbons (Fsp3) is 0.647. The Labute approximate surface area is 118 Å². The van der Waals surface area contributed by atoms with Gasteiger partial charge in [0.25, 0.3) is 0 Å². The first-order chi connectivity index (χ1) is 8.94. The fourth-order valence-corrected chi connectivity index (χ4v) is 2.93. The molecule has 0 unspecified atom stereocenters. The number of hydrogen-bond donors (Lipinski definition) is 1. The number of nitrogens with one attached hydrogen (secondary N) is 1. The molecule has 1 aliphatic rings. The van der Waals surface area contributed by atoms with Crippen molar-refractivity contribution in [2.75, 3.05) is 26.7 Å². The molecule has 0 radical (unpaired) electrons. The molecule has 0 fully saturated rings. The number of hydrogen-bond acceptors (Lipinski definition) is 2. The zero-order valence-corrected chi connectivity index (χ0v) is 12.9. The third kappa shape index (κ3) is 4.63. The molecule has 0 heterocycles. The van der Waals surface area contributed by atoms with Crippen molar-refractivity contribution in [3.05, 3.63) is 35.4 Å². The second-order valence-electron chi connectivity index (χ2n) is 6.98. The molecule has 0 saturated heterocycles. The monoisotopic (exact) mass is 260 g/mol. The molecule has 0 aromatic heterocycles. The van der Waals surface area contributed by atoms with Gasteiger partial charge in [-0.2, -0.15) is 0 Å². The summed E-state index contributed by atoms with van der Waals surface area (Å²) in [7, 11) is 2.24. The van der Waals surface area contributed by atoms with Crippen molar-refractivity contribution in [2.45, 2.75) is 39.2 Å². The maximum absolute atomic E-state index is 3.55. The lowest BCUT2D eigenvalue weighted by atomic mass is 10.1. The topological polar surface area (TPSA) is 15.3 Å². The van der Waals surface area contributed by atoms with Gasteiger partial charge >= 0.3 is 0 Å². The third-order valence-corrected chi connectivity index (χ3v) is 3.85. The van der Waals surface area contributed by atoms with E-state index in [2.05, 4.69) is 62.3 Å². The van der Waals surface area contributed by atoms with Crippen molar-refractivity contribution >= 4 is 0 Å². The summed E-state index contributed by atoms with van der Waals surface area (Å²) in [5, 5.41) is 3.55. The summed E-state index contributed by atoms with van der Waals surface area (Å²) in [5.74, 6) is 0.803. The van der Waals surface area contributed by atoms with Gasteiger partial charge in [-0.25, -0.2) is 0 Å². The van der Waals surface area contributed by atoms with Crippen LogP contribution >= 0.6 is 0 Å². The van der Waals surface area contributed by atoms with Crippen LogP contribution in [0.5, 0.6) is 0 Å². The number of benzene rings is 1. The Morgan fingerprint density at radius 2 is 1.74 bits per heavy atom. The van der Waals surface area contributed by atoms with Crippen LogP contribution < -0.4 is 5.32 Å². The van der Waals surface area contributed by atoms with E-state index < -0.39 is 0 Å². The van der Waals surface area contributed by atoms with E-state index in [-0.39, 0.29) is 5.54 Å². The lowest BCUT2D eigenvalue weighted by Crippen LogP contribution is -2.41. The summed E-state index contributed by atoms with van der Waals surface area (Å²) < 4.78 is 0. The highest BCUT2D eigenvalue weighted by Gasteiger charge is 2.21. The van der Waals surface area contributed by atoms with Crippen molar-refractivity contribution in [1.82, 2.24) is 10.2 Å². The van der Waals surface area contributed by atoms with Gasteiger partial charge in [0.2, 0.25) is 0 Å². The predicted molar refractivity (Wildman–Crippen MR) is 82.6 cm³/mol. The van der Waals surface area contributed by atoms with E-state index >= 15 is 0 Å². The van der Waals surface area contributed by atoms with Crippen molar-refractivity contribution < 1.29 is 0 Å². The van der Waals surface area contributed by atoms with Gasteiger partial charge in [0.15, 0.2) is 0 Å². The van der Waals surface area contributed by atoms with E-state index in [1.54, 1.807) is 11.1 Å². The molecule has 0 amide bonds. The van der Waals surface area contributed by atoms with Crippen molar-refractivity contribution in [3.63, 3.8) is 0 Å². The molecule has 0 aliphatic heterocycles. The van der Waals surface area contributed by atoms with Crippen molar-refractivity contribution in [3.8, 4) is 0 Å². The largest absolute Gasteiger partial charge is 0.311 e. The molecular weight excluding hydrogens is 232 g/mol. The average molecular weight is 260 g/mol. The SMILES string of the molecule is CN(CCNC(C)(C)C)CC1Cc2ccccc2C1. The van der Waals surface area contributed by atoms with Gasteiger partial charge < -0.3 is 10.2 Å². The van der Waals surface area contributed by atoms with Gasteiger partial charge in [-0.05, 0) is 57.7 Å². The van der Waals surface area contributed by atoms with E-state index in [1.807, 2.05) is 0 Å². The summed E-state index contributed by atoms with van der Waals surface area (Å²) in [4.78, 5) is 2.47. The molecule has 1 N–H and O–H groups in total. The molecule has 106 valence electrons. The van der Waals surface area contributed by atoms with Crippen molar-refractivity contribution in [1.29, 1.82) is 0 Å². The first-order valence-corrected chi connectivity index (χ1v) is 7.44. The first kappa shape index (κ1) is 14.5. The molecule has 0 bridgehead atoms. The van der Waals surface area contributed by atoms with Gasteiger partial charge in [0.05, 0.1) is 0 Å². The van der Waals surface area contributed by atoms with E-state index in [1.165, 1.54) is 19.4 Å². The van der Waals surface area contributed by atoms with Crippen LogP contribution in [-0.4, -0.2) is 37.1 Å². The molecular formula is C17H28N2. The average Bonchev–Trinajstić information content (AvgIpc) is 2.68. The highest BCUT2D eigenvalue weighted by molar-refractivity contribution is 5.32. The third-order valence-electron chi connectivity index (χ3n) is 3.85. The minimum atomic E-state index is 0.227. The van der Waals surface area contributed by atoms with E-state index in [0.717, 1.165) is 19.0 Å². The summed E-state index contributed by atoms with van der Waals surface area (Å²) in [5.41, 5.74) is 3.35. The standard InChI is InChI=1S/C17H28N2/c1-17(2,3)18-9-10-19(4)13-14-11-15-7-5-6-8-16(15)12-14/h5-8,14,18H,9-13H2,1-4H3. The number of rotatable bonds is 5. The predicted octanol–water partition coefficient (Wildman–Crippen LogP) is 2.72. The van der Waals surface area contributed by atoms with Crippen LogP contribution in [-0.2, 0) is 12.8 Å². The van der Waals surface area contributed by atoms with Crippen molar-refractivity contribution in [2.24, 2.45) is 5.92 Å². The summed E-state index contributed by atoms with van der Waals surface area (Å²) in [6.45, 7) is 10.1. The Balaban J connectivity index is 1.72. The Morgan fingerprint density at radius 3 is 2.26 bits per heavy atom. The summed E-state index contributed by atoms with van der Waals surface area (Å²) >= 11 is 0. The zero-order chi connectivity index (χ0) is 13.9. The molecule has 1 aliphatic carbocycles. The minimum absolute atomic E-state index is 0.227. The van der Waals surface area contributed by atoms with E-state index in [4.69, 9.17) is 0 Å². The van der Waals surface area contributed by atoms with Gasteiger partial charge in [-0.15, -0.1) is 0 Å². The Hall–Kier alpha value is -0.860. The lowest BCUT2D eigenvalue weighted by molar-refractivity contribution is 0.268. The quantitative estimate of drug-likeness (QED) is 0.876. The number of likely N-dealkylation sites (N-methyl/N-ethyl adjacent to an activating group) is 1. The van der Waals surface area contributed by atoms with Gasteiger partial charge in [-0.1, -0.05) is 24.3 Å². The molecule has 1 aromatic carbocycles. The van der Waals surface area contributed by atoms with Gasteiger partial charge in [0.1, 0.15) is 0 Å². The summed E-state index contributed by atoms with van der Waals surface area (Å²) in [6.07, 6.45) is 2.51. The molecule has 0 atom stereocenters. The van der Waals surface area contributed by atoms with Gasteiger partial charge in [-0.3, -0.25) is 0 Å². The molecule has 19 heavy (non-hydrogen) atoms. The second-order valence-corrected chi connectivity index (χ2v) is 6.98. The highest BCUT2D eigenvalue weighted by atomic mass is 15.1. The van der Waals surface area contributed by atoms with Crippen LogP contribution in [0.2, 0.25) is 0 Å². The Kier molecular flexibility index (Phi) is 4.64. The maximum Gasteiger partial charge on any atom is 0.0104 e. The number of nitrogens with zero attached hydrogens (tertiary/aromatic N) is 1. The summed E-state index contributed by atoms with van der Waals surface area (Å²) in [6, 6.07) is 8.91. The Morgan fingerprint density at radius 1 is 1.16 bits per heavy atom. The molecule has 0 spiro atoms. The second kappa shape index (κ2) is 6.06.